The summed E-state index contributed by atoms with van der Waals surface area (Å²) in [4.78, 5) is 9.29. The Balaban J connectivity index is 1.90. The van der Waals surface area contributed by atoms with Crippen LogP contribution in [0.1, 0.15) is 45.3 Å². The molecule has 2 rings (SSSR count). The number of ether oxygens (including phenoxy) is 1. The third-order valence-electron chi connectivity index (χ3n) is 5.25. The third kappa shape index (κ3) is 6.79. The molecule has 28 heavy (non-hydrogen) atoms. The van der Waals surface area contributed by atoms with Crippen molar-refractivity contribution in [1.29, 1.82) is 0 Å². The van der Waals surface area contributed by atoms with Crippen LogP contribution in [-0.4, -0.2) is 80.8 Å². The smallest absolute Gasteiger partial charge is 0.191 e. The normalized spacial score (nSPS) is 17.5. The van der Waals surface area contributed by atoms with Crippen molar-refractivity contribution in [2.75, 3.05) is 53.0 Å². The second-order valence-corrected chi connectivity index (χ2v) is 7.92. The van der Waals surface area contributed by atoms with Crippen LogP contribution >= 0.6 is 0 Å². The Hall–Kier alpha value is -1.57. The van der Waals surface area contributed by atoms with Crippen molar-refractivity contribution < 1.29 is 9.15 Å². The highest BCUT2D eigenvalue weighted by Crippen LogP contribution is 2.23. The summed E-state index contributed by atoms with van der Waals surface area (Å²) in [5.41, 5.74) is 0. The lowest BCUT2D eigenvalue weighted by Gasteiger charge is -2.34. The van der Waals surface area contributed by atoms with Gasteiger partial charge in [0.15, 0.2) is 5.96 Å². The van der Waals surface area contributed by atoms with Crippen LogP contribution in [0.5, 0.6) is 0 Å². The summed E-state index contributed by atoms with van der Waals surface area (Å²) in [7, 11) is 1.82. The number of aliphatic imine (C=N–C) groups is 1. The highest BCUT2D eigenvalue weighted by Gasteiger charge is 2.25. The van der Waals surface area contributed by atoms with Gasteiger partial charge in [0.25, 0.3) is 0 Å². The number of morpholine rings is 1. The molecule has 0 aromatic carbocycles. The minimum atomic E-state index is 0.166. The van der Waals surface area contributed by atoms with E-state index in [1.165, 1.54) is 0 Å². The maximum atomic E-state index is 5.94. The van der Waals surface area contributed by atoms with E-state index in [1.807, 2.05) is 20.0 Å². The second-order valence-electron chi connectivity index (χ2n) is 7.92. The molecule has 1 atom stereocenters. The van der Waals surface area contributed by atoms with Crippen molar-refractivity contribution in [2.45, 2.75) is 52.7 Å². The van der Waals surface area contributed by atoms with E-state index in [2.05, 4.69) is 59.2 Å². The average Bonchev–Trinajstić information content (AvgIpc) is 3.09. The monoisotopic (exact) mass is 393 g/mol. The molecule has 1 fully saturated rings. The van der Waals surface area contributed by atoms with Gasteiger partial charge in [0.2, 0.25) is 0 Å². The first-order valence-corrected chi connectivity index (χ1v) is 10.5. The Labute approximate surface area is 170 Å². The topological polar surface area (TPSA) is 65.3 Å². The van der Waals surface area contributed by atoms with Crippen molar-refractivity contribution in [3.05, 3.63) is 23.7 Å². The van der Waals surface area contributed by atoms with Crippen LogP contribution in [0.2, 0.25) is 0 Å². The van der Waals surface area contributed by atoms with Gasteiger partial charge in [-0.1, -0.05) is 0 Å². The van der Waals surface area contributed by atoms with E-state index in [0.717, 1.165) is 63.4 Å². The first-order chi connectivity index (χ1) is 13.4. The molecule has 0 radical (unpaired) electrons. The summed E-state index contributed by atoms with van der Waals surface area (Å²) in [6.45, 7) is 16.9. The van der Waals surface area contributed by atoms with E-state index in [1.54, 1.807) is 0 Å². The van der Waals surface area contributed by atoms with E-state index >= 15 is 0 Å². The molecule has 1 saturated heterocycles. The molecular formula is C21H39N5O2. The van der Waals surface area contributed by atoms with Crippen LogP contribution in [0, 0.1) is 6.92 Å². The molecule has 0 spiro atoms. The quantitative estimate of drug-likeness (QED) is 0.496. The predicted molar refractivity (Wildman–Crippen MR) is 115 cm³/mol. The first-order valence-electron chi connectivity index (χ1n) is 10.5. The van der Waals surface area contributed by atoms with E-state index in [-0.39, 0.29) is 6.04 Å². The van der Waals surface area contributed by atoms with Crippen molar-refractivity contribution in [1.82, 2.24) is 20.4 Å². The molecule has 0 aliphatic carbocycles. The second kappa shape index (κ2) is 11.4. The highest BCUT2D eigenvalue weighted by molar-refractivity contribution is 5.79. The SMILES string of the molecule is CN=C(NCCN(C(C)C)C(C)C)NCC(c1ccc(C)o1)N1CCOCC1. The van der Waals surface area contributed by atoms with Gasteiger partial charge in [-0.05, 0) is 46.8 Å². The minimum Gasteiger partial charge on any atom is -0.465 e. The molecule has 0 bridgehead atoms. The van der Waals surface area contributed by atoms with Crippen LogP contribution in [0.4, 0.5) is 0 Å². The molecular weight excluding hydrogens is 354 g/mol. The number of aryl methyl sites for hydroxylation is 1. The van der Waals surface area contributed by atoms with E-state index in [9.17, 15) is 0 Å². The summed E-state index contributed by atoms with van der Waals surface area (Å²) < 4.78 is 11.5. The Morgan fingerprint density at radius 2 is 1.82 bits per heavy atom. The standard InChI is InChI=1S/C21H39N5O2/c1-16(2)26(17(3)4)10-9-23-21(22-6)24-15-19(20-8-7-18(5)28-20)25-11-13-27-14-12-25/h7-8,16-17,19H,9-15H2,1-6H3,(H2,22,23,24). The number of rotatable bonds is 9. The van der Waals surface area contributed by atoms with Gasteiger partial charge in [0.1, 0.15) is 11.5 Å². The van der Waals surface area contributed by atoms with Crippen molar-refractivity contribution >= 4 is 5.96 Å². The Bertz CT molecular complexity index is 585. The Kier molecular flexibility index (Phi) is 9.28. The lowest BCUT2D eigenvalue weighted by molar-refractivity contribution is 0.0124. The number of furan rings is 1. The summed E-state index contributed by atoms with van der Waals surface area (Å²) in [6, 6.07) is 5.34. The maximum absolute atomic E-state index is 5.94. The predicted octanol–water partition coefficient (Wildman–Crippen LogP) is 2.25. The van der Waals surface area contributed by atoms with Crippen LogP contribution in [-0.2, 0) is 4.74 Å². The zero-order chi connectivity index (χ0) is 20.5. The first kappa shape index (κ1) is 22.7. The number of nitrogens with one attached hydrogen (secondary N) is 2. The van der Waals surface area contributed by atoms with Crippen molar-refractivity contribution in [3.8, 4) is 0 Å². The maximum Gasteiger partial charge on any atom is 0.191 e. The minimum absolute atomic E-state index is 0.166. The number of hydrogen-bond acceptors (Lipinski definition) is 5. The molecule has 7 heteroatoms. The molecule has 0 amide bonds. The zero-order valence-corrected chi connectivity index (χ0v) is 18.5. The van der Waals surface area contributed by atoms with E-state index < -0.39 is 0 Å². The molecule has 2 N–H and O–H groups in total. The largest absolute Gasteiger partial charge is 0.465 e. The van der Waals surface area contributed by atoms with Gasteiger partial charge in [0, 0.05) is 51.9 Å². The fraction of sp³-hybridized carbons (Fsp3) is 0.762. The molecule has 1 unspecified atom stereocenters. The van der Waals surface area contributed by atoms with Gasteiger partial charge in [-0.3, -0.25) is 14.8 Å². The highest BCUT2D eigenvalue weighted by atomic mass is 16.5. The van der Waals surface area contributed by atoms with Crippen LogP contribution < -0.4 is 10.6 Å². The summed E-state index contributed by atoms with van der Waals surface area (Å²) in [5, 5.41) is 6.93. The summed E-state index contributed by atoms with van der Waals surface area (Å²) >= 11 is 0. The lowest BCUT2D eigenvalue weighted by atomic mass is 10.1. The van der Waals surface area contributed by atoms with Gasteiger partial charge in [-0.15, -0.1) is 0 Å². The summed E-state index contributed by atoms with van der Waals surface area (Å²) in [6.07, 6.45) is 0. The third-order valence-corrected chi connectivity index (χ3v) is 5.25. The summed E-state index contributed by atoms with van der Waals surface area (Å²) in [5.74, 6) is 2.76. The molecule has 1 aromatic rings. The average molecular weight is 394 g/mol. The van der Waals surface area contributed by atoms with Crippen LogP contribution in [0.3, 0.4) is 0 Å². The van der Waals surface area contributed by atoms with Gasteiger partial charge in [-0.25, -0.2) is 0 Å². The Morgan fingerprint density at radius 3 is 2.36 bits per heavy atom. The molecule has 1 aromatic heterocycles. The zero-order valence-electron chi connectivity index (χ0n) is 18.5. The number of nitrogens with zero attached hydrogens (tertiary/aromatic N) is 3. The van der Waals surface area contributed by atoms with Crippen LogP contribution in [0.25, 0.3) is 0 Å². The van der Waals surface area contributed by atoms with Crippen LogP contribution in [0.15, 0.2) is 21.5 Å². The molecule has 2 heterocycles. The Morgan fingerprint density at radius 1 is 1.14 bits per heavy atom. The number of hydrogen-bond donors (Lipinski definition) is 2. The molecule has 1 aliphatic rings. The van der Waals surface area contributed by atoms with Gasteiger partial charge in [-0.2, -0.15) is 0 Å². The fourth-order valence-corrected chi connectivity index (χ4v) is 3.76. The molecule has 160 valence electrons. The lowest BCUT2D eigenvalue weighted by Crippen LogP contribution is -2.48. The van der Waals surface area contributed by atoms with E-state index in [0.29, 0.717) is 12.1 Å². The molecule has 0 saturated carbocycles. The van der Waals surface area contributed by atoms with E-state index in [4.69, 9.17) is 9.15 Å². The molecule has 1 aliphatic heterocycles. The van der Waals surface area contributed by atoms with Gasteiger partial charge < -0.3 is 19.8 Å². The number of guanidine groups is 1. The van der Waals surface area contributed by atoms with Crippen molar-refractivity contribution in [2.24, 2.45) is 4.99 Å². The van der Waals surface area contributed by atoms with Gasteiger partial charge >= 0.3 is 0 Å². The van der Waals surface area contributed by atoms with Crippen molar-refractivity contribution in [3.63, 3.8) is 0 Å². The van der Waals surface area contributed by atoms with Gasteiger partial charge in [0.05, 0.1) is 19.3 Å². The fourth-order valence-electron chi connectivity index (χ4n) is 3.76. The molecule has 7 nitrogen and oxygen atoms in total.